The van der Waals surface area contributed by atoms with Crippen LogP contribution < -0.4 is 5.32 Å². The molecule has 0 spiro atoms. The molecule has 0 amide bonds. The third kappa shape index (κ3) is 2.13. The number of benzene rings is 1. The summed E-state index contributed by atoms with van der Waals surface area (Å²) in [5, 5.41) is 4.57. The first-order valence-corrected chi connectivity index (χ1v) is 7.68. The average molecular weight is 323 g/mol. The lowest BCUT2D eigenvalue weighted by Gasteiger charge is -2.43. The highest BCUT2D eigenvalue weighted by molar-refractivity contribution is 9.10. The Morgan fingerprint density at radius 2 is 2.17 bits per heavy atom. The number of nitrogens with zero attached hydrogens (tertiary/aromatic N) is 1. The van der Waals surface area contributed by atoms with Crippen LogP contribution in [0.3, 0.4) is 0 Å². The summed E-state index contributed by atoms with van der Waals surface area (Å²) in [6.07, 6.45) is 3.10. The fourth-order valence-corrected chi connectivity index (χ4v) is 4.19. The van der Waals surface area contributed by atoms with Crippen LogP contribution in [0.15, 0.2) is 34.9 Å². The molecular weight excluding hydrogens is 308 g/mol. The van der Waals surface area contributed by atoms with Crippen LogP contribution in [0.1, 0.15) is 15.4 Å². The molecule has 0 atom stereocenters. The minimum Gasteiger partial charge on any atom is -0.315 e. The molecule has 2 heterocycles. The Labute approximate surface area is 120 Å². The number of nitrogens with one attached hydrogen (secondary N) is 1. The first-order chi connectivity index (χ1) is 8.70. The molecule has 0 aliphatic carbocycles. The van der Waals surface area contributed by atoms with Crippen LogP contribution in [-0.4, -0.2) is 18.1 Å². The first kappa shape index (κ1) is 12.3. The summed E-state index contributed by atoms with van der Waals surface area (Å²) in [4.78, 5) is 5.74. The Morgan fingerprint density at radius 1 is 1.39 bits per heavy atom. The molecule has 94 valence electrons. The quantitative estimate of drug-likeness (QED) is 0.937. The number of hydrogen-bond donors (Lipinski definition) is 1. The molecule has 0 radical (unpaired) electrons. The molecule has 4 heteroatoms. The van der Waals surface area contributed by atoms with Crippen LogP contribution in [0.5, 0.6) is 0 Å². The van der Waals surface area contributed by atoms with E-state index in [0.717, 1.165) is 24.5 Å². The summed E-state index contributed by atoms with van der Waals surface area (Å²) in [7, 11) is 0. The van der Waals surface area contributed by atoms with Crippen LogP contribution in [0.4, 0.5) is 0 Å². The Balaban J connectivity index is 1.93. The van der Waals surface area contributed by atoms with E-state index in [9.17, 15) is 0 Å². The molecular formula is C14H15BrN2S. The van der Waals surface area contributed by atoms with E-state index in [-0.39, 0.29) is 5.41 Å². The molecule has 1 aromatic heterocycles. The standard InChI is InChI=1S/C14H15BrN2S/c1-10-17-7-11(18-10)6-14(8-16-9-14)12-4-2-3-5-13(12)15/h2-5,7,16H,6,8-9H2,1H3. The molecule has 1 fully saturated rings. The van der Waals surface area contributed by atoms with Gasteiger partial charge >= 0.3 is 0 Å². The molecule has 3 rings (SSSR count). The zero-order valence-corrected chi connectivity index (χ0v) is 12.6. The maximum absolute atomic E-state index is 4.36. The molecule has 2 aromatic rings. The third-order valence-electron chi connectivity index (χ3n) is 3.55. The second-order valence-electron chi connectivity index (χ2n) is 4.89. The third-order valence-corrected chi connectivity index (χ3v) is 5.16. The molecule has 1 N–H and O–H groups in total. The van der Waals surface area contributed by atoms with E-state index < -0.39 is 0 Å². The maximum Gasteiger partial charge on any atom is 0.0896 e. The molecule has 1 aliphatic rings. The molecule has 1 aliphatic heterocycles. The van der Waals surface area contributed by atoms with E-state index in [0.29, 0.717) is 0 Å². The summed E-state index contributed by atoms with van der Waals surface area (Å²) >= 11 is 5.50. The van der Waals surface area contributed by atoms with Gasteiger partial charge in [-0.25, -0.2) is 4.98 Å². The van der Waals surface area contributed by atoms with E-state index >= 15 is 0 Å². The van der Waals surface area contributed by atoms with Gasteiger partial charge in [0.25, 0.3) is 0 Å². The monoisotopic (exact) mass is 322 g/mol. The van der Waals surface area contributed by atoms with Crippen LogP contribution in [0.2, 0.25) is 0 Å². The lowest BCUT2D eigenvalue weighted by Crippen LogP contribution is -2.58. The van der Waals surface area contributed by atoms with Gasteiger partial charge in [-0.1, -0.05) is 34.1 Å². The van der Waals surface area contributed by atoms with Crippen LogP contribution in [-0.2, 0) is 11.8 Å². The summed E-state index contributed by atoms with van der Waals surface area (Å²) in [6, 6.07) is 8.56. The van der Waals surface area contributed by atoms with Crippen molar-refractivity contribution in [1.82, 2.24) is 10.3 Å². The van der Waals surface area contributed by atoms with Crippen molar-refractivity contribution in [3.05, 3.63) is 50.4 Å². The molecule has 0 unspecified atom stereocenters. The predicted octanol–water partition coefficient (Wildman–Crippen LogP) is 3.30. The number of rotatable bonds is 3. The average Bonchev–Trinajstić information content (AvgIpc) is 2.71. The lowest BCUT2D eigenvalue weighted by molar-refractivity contribution is 0.275. The summed E-state index contributed by atoms with van der Waals surface area (Å²) in [5.74, 6) is 0. The summed E-state index contributed by atoms with van der Waals surface area (Å²) in [5.41, 5.74) is 1.65. The fraction of sp³-hybridized carbons (Fsp3) is 0.357. The zero-order valence-electron chi connectivity index (χ0n) is 10.2. The molecule has 18 heavy (non-hydrogen) atoms. The van der Waals surface area contributed by atoms with Gasteiger partial charge in [0.2, 0.25) is 0 Å². The molecule has 0 bridgehead atoms. The van der Waals surface area contributed by atoms with Crippen molar-refractivity contribution < 1.29 is 0 Å². The van der Waals surface area contributed by atoms with Crippen molar-refractivity contribution >= 4 is 27.3 Å². The number of hydrogen-bond acceptors (Lipinski definition) is 3. The van der Waals surface area contributed by atoms with Gasteiger partial charge in [0, 0.05) is 34.1 Å². The minimum atomic E-state index is 0.235. The van der Waals surface area contributed by atoms with E-state index in [2.05, 4.69) is 57.4 Å². The van der Waals surface area contributed by atoms with E-state index in [1.165, 1.54) is 14.9 Å². The second kappa shape index (κ2) is 4.76. The van der Waals surface area contributed by atoms with Gasteiger partial charge in [-0.05, 0) is 25.0 Å². The Kier molecular flexibility index (Phi) is 3.26. The highest BCUT2D eigenvalue weighted by Gasteiger charge is 2.40. The van der Waals surface area contributed by atoms with E-state index in [1.54, 1.807) is 0 Å². The van der Waals surface area contributed by atoms with Crippen LogP contribution >= 0.6 is 27.3 Å². The van der Waals surface area contributed by atoms with Gasteiger partial charge in [0.1, 0.15) is 0 Å². The fourth-order valence-electron chi connectivity index (χ4n) is 2.55. The lowest BCUT2D eigenvalue weighted by atomic mass is 9.72. The Morgan fingerprint density at radius 3 is 2.72 bits per heavy atom. The predicted molar refractivity (Wildman–Crippen MR) is 79.2 cm³/mol. The minimum absolute atomic E-state index is 0.235. The number of aryl methyl sites for hydroxylation is 1. The van der Waals surface area contributed by atoms with Crippen molar-refractivity contribution in [2.75, 3.05) is 13.1 Å². The van der Waals surface area contributed by atoms with Gasteiger partial charge in [-0.15, -0.1) is 11.3 Å². The number of thiazole rings is 1. The largest absolute Gasteiger partial charge is 0.315 e. The first-order valence-electron chi connectivity index (χ1n) is 6.07. The Hall–Kier alpha value is -0.710. The van der Waals surface area contributed by atoms with Crippen molar-refractivity contribution in [2.45, 2.75) is 18.8 Å². The second-order valence-corrected chi connectivity index (χ2v) is 7.06. The van der Waals surface area contributed by atoms with E-state index in [4.69, 9.17) is 0 Å². The number of halogens is 1. The SMILES string of the molecule is Cc1ncc(CC2(c3ccccc3Br)CNC2)s1. The van der Waals surface area contributed by atoms with Crippen LogP contribution in [0, 0.1) is 6.92 Å². The molecule has 1 aromatic carbocycles. The van der Waals surface area contributed by atoms with Crippen molar-refractivity contribution in [2.24, 2.45) is 0 Å². The normalized spacial score (nSPS) is 17.4. The molecule has 0 saturated carbocycles. The van der Waals surface area contributed by atoms with Crippen molar-refractivity contribution in [1.29, 1.82) is 0 Å². The Bertz CT molecular complexity index is 560. The van der Waals surface area contributed by atoms with Crippen LogP contribution in [0.25, 0.3) is 0 Å². The maximum atomic E-state index is 4.36. The van der Waals surface area contributed by atoms with Gasteiger partial charge in [0.05, 0.1) is 5.01 Å². The molecule has 2 nitrogen and oxygen atoms in total. The van der Waals surface area contributed by atoms with Crippen molar-refractivity contribution in [3.63, 3.8) is 0 Å². The topological polar surface area (TPSA) is 24.9 Å². The van der Waals surface area contributed by atoms with Gasteiger partial charge in [-0.3, -0.25) is 0 Å². The van der Waals surface area contributed by atoms with Crippen molar-refractivity contribution in [3.8, 4) is 0 Å². The highest BCUT2D eigenvalue weighted by atomic mass is 79.9. The highest BCUT2D eigenvalue weighted by Crippen LogP contribution is 2.37. The molecule has 1 saturated heterocycles. The van der Waals surface area contributed by atoms with E-state index in [1.807, 2.05) is 17.5 Å². The van der Waals surface area contributed by atoms with Gasteiger partial charge in [-0.2, -0.15) is 0 Å². The van der Waals surface area contributed by atoms with Gasteiger partial charge < -0.3 is 5.32 Å². The summed E-state index contributed by atoms with van der Waals surface area (Å²) < 4.78 is 1.22. The number of aromatic nitrogens is 1. The summed E-state index contributed by atoms with van der Waals surface area (Å²) in [6.45, 7) is 4.16. The zero-order chi connectivity index (χ0) is 12.6. The van der Waals surface area contributed by atoms with Gasteiger partial charge in [0.15, 0.2) is 0 Å². The smallest absolute Gasteiger partial charge is 0.0896 e.